The summed E-state index contributed by atoms with van der Waals surface area (Å²) < 4.78 is 17.6. The molecule has 164 valence electrons. The van der Waals surface area contributed by atoms with Crippen LogP contribution in [0.25, 0.3) is 0 Å². The average molecular weight is 432 g/mol. The number of hydrogen-bond donors (Lipinski definition) is 2. The monoisotopic (exact) mass is 432 g/mol. The van der Waals surface area contributed by atoms with E-state index in [0.29, 0.717) is 29.5 Å². The number of aromatic nitrogens is 1. The SMILES string of the molecule is COc1cc2c(c(OC)n1)C1(O)CCC(c3ccccc3)C1(c1ccc(/C=N/O)cc1)O2. The first-order chi connectivity index (χ1) is 15.6. The molecule has 2 aromatic carbocycles. The fourth-order valence-electron chi connectivity index (χ4n) is 5.33. The van der Waals surface area contributed by atoms with Crippen LogP contribution >= 0.6 is 0 Å². The van der Waals surface area contributed by atoms with Crippen molar-refractivity contribution < 1.29 is 24.5 Å². The third kappa shape index (κ3) is 2.71. The molecule has 3 aromatic rings. The maximum Gasteiger partial charge on any atom is 0.226 e. The number of aliphatic hydroxyl groups is 1. The van der Waals surface area contributed by atoms with Gasteiger partial charge < -0.3 is 24.5 Å². The second kappa shape index (κ2) is 7.53. The standard InChI is InChI=1S/C25H24N2O5/c1-30-21-14-20-22(23(27-21)31-2)24(28)13-12-19(17-6-4-3-5-7-17)25(24,32-20)18-10-8-16(9-11-18)15-26-29/h3-11,14-15,19,28-29H,12-13H2,1-2H3/b26-15+. The van der Waals surface area contributed by atoms with Crippen molar-refractivity contribution in [2.24, 2.45) is 5.16 Å². The highest BCUT2D eigenvalue weighted by atomic mass is 16.5. The zero-order chi connectivity index (χ0) is 22.3. The first kappa shape index (κ1) is 20.3. The Bertz CT molecular complexity index is 1160. The summed E-state index contributed by atoms with van der Waals surface area (Å²) in [4.78, 5) is 4.42. The van der Waals surface area contributed by atoms with E-state index in [9.17, 15) is 5.11 Å². The smallest absolute Gasteiger partial charge is 0.226 e. The number of pyridine rings is 1. The largest absolute Gasteiger partial charge is 0.481 e. The molecule has 3 unspecified atom stereocenters. The first-order valence-electron chi connectivity index (χ1n) is 10.4. The summed E-state index contributed by atoms with van der Waals surface area (Å²) in [5.74, 6) is 1.03. The van der Waals surface area contributed by atoms with Gasteiger partial charge in [0.05, 0.1) is 26.0 Å². The molecule has 32 heavy (non-hydrogen) atoms. The van der Waals surface area contributed by atoms with Crippen LogP contribution in [0.4, 0.5) is 0 Å². The molecule has 3 atom stereocenters. The Morgan fingerprint density at radius 3 is 2.50 bits per heavy atom. The van der Waals surface area contributed by atoms with E-state index in [0.717, 1.165) is 23.1 Å². The molecule has 1 saturated carbocycles. The lowest BCUT2D eigenvalue weighted by Gasteiger charge is -2.40. The van der Waals surface area contributed by atoms with Crippen LogP contribution in [0.1, 0.15) is 41.0 Å². The Hall–Kier alpha value is -3.58. The molecule has 2 aliphatic rings. The van der Waals surface area contributed by atoms with Gasteiger partial charge in [0.25, 0.3) is 0 Å². The summed E-state index contributed by atoms with van der Waals surface area (Å²) in [6.45, 7) is 0. The van der Waals surface area contributed by atoms with Gasteiger partial charge in [0, 0.05) is 12.0 Å². The maximum absolute atomic E-state index is 12.3. The van der Waals surface area contributed by atoms with Crippen LogP contribution in [0.15, 0.2) is 65.8 Å². The fraction of sp³-hybridized carbons (Fsp3) is 0.280. The van der Waals surface area contributed by atoms with E-state index < -0.39 is 11.2 Å². The predicted molar refractivity (Wildman–Crippen MR) is 118 cm³/mol. The van der Waals surface area contributed by atoms with Crippen LogP contribution in [0.5, 0.6) is 17.5 Å². The van der Waals surface area contributed by atoms with Crippen molar-refractivity contribution in [1.29, 1.82) is 0 Å². The molecule has 0 amide bonds. The van der Waals surface area contributed by atoms with Crippen LogP contribution in [0.3, 0.4) is 0 Å². The highest BCUT2D eigenvalue weighted by Crippen LogP contribution is 2.68. The van der Waals surface area contributed by atoms with Crippen molar-refractivity contribution in [2.45, 2.75) is 30.0 Å². The topological polar surface area (TPSA) is 93.4 Å². The quantitative estimate of drug-likeness (QED) is 0.360. The lowest BCUT2D eigenvalue weighted by molar-refractivity contribution is -0.106. The van der Waals surface area contributed by atoms with E-state index in [2.05, 4.69) is 22.3 Å². The first-order valence-corrected chi connectivity index (χ1v) is 10.4. The molecule has 2 N–H and O–H groups in total. The molecule has 7 nitrogen and oxygen atoms in total. The van der Waals surface area contributed by atoms with Crippen molar-refractivity contribution in [3.05, 3.63) is 82.9 Å². The highest BCUT2D eigenvalue weighted by molar-refractivity contribution is 5.79. The summed E-state index contributed by atoms with van der Waals surface area (Å²) >= 11 is 0. The van der Waals surface area contributed by atoms with Crippen molar-refractivity contribution in [1.82, 2.24) is 4.98 Å². The molecule has 0 saturated heterocycles. The van der Waals surface area contributed by atoms with E-state index >= 15 is 0 Å². The number of methoxy groups -OCH3 is 2. The number of benzene rings is 2. The van der Waals surface area contributed by atoms with E-state index in [-0.39, 0.29) is 5.92 Å². The van der Waals surface area contributed by atoms with Gasteiger partial charge in [-0.3, -0.25) is 0 Å². The van der Waals surface area contributed by atoms with Gasteiger partial charge in [-0.1, -0.05) is 59.8 Å². The van der Waals surface area contributed by atoms with E-state index in [4.69, 9.17) is 19.4 Å². The minimum atomic E-state index is -1.36. The molecule has 1 aromatic heterocycles. The van der Waals surface area contributed by atoms with Gasteiger partial charge in [-0.2, -0.15) is 4.98 Å². The molecule has 7 heteroatoms. The molecule has 5 rings (SSSR count). The minimum absolute atomic E-state index is 0.117. The predicted octanol–water partition coefficient (Wildman–Crippen LogP) is 3.96. The average Bonchev–Trinajstić information content (AvgIpc) is 3.26. The Morgan fingerprint density at radius 1 is 1.09 bits per heavy atom. The summed E-state index contributed by atoms with van der Waals surface area (Å²) in [5.41, 5.74) is 0.726. The molecule has 0 bridgehead atoms. The van der Waals surface area contributed by atoms with Gasteiger partial charge in [-0.15, -0.1) is 0 Å². The molecule has 0 radical (unpaired) electrons. The van der Waals surface area contributed by atoms with Gasteiger partial charge in [-0.05, 0) is 29.5 Å². The molecule has 1 fully saturated rings. The summed E-state index contributed by atoms with van der Waals surface area (Å²) in [5, 5.41) is 24.3. The van der Waals surface area contributed by atoms with Gasteiger partial charge in [0.15, 0.2) is 5.60 Å². The van der Waals surface area contributed by atoms with Crippen LogP contribution < -0.4 is 14.2 Å². The maximum atomic E-state index is 12.3. The summed E-state index contributed by atoms with van der Waals surface area (Å²) in [6.07, 6.45) is 2.55. The van der Waals surface area contributed by atoms with Crippen molar-refractivity contribution >= 4 is 6.21 Å². The van der Waals surface area contributed by atoms with Gasteiger partial charge >= 0.3 is 0 Å². The minimum Gasteiger partial charge on any atom is -0.481 e. The molecule has 0 spiro atoms. The van der Waals surface area contributed by atoms with Gasteiger partial charge in [0.2, 0.25) is 11.8 Å². The Kier molecular flexibility index (Phi) is 4.78. The van der Waals surface area contributed by atoms with Crippen molar-refractivity contribution in [3.8, 4) is 17.5 Å². The Balaban J connectivity index is 1.75. The van der Waals surface area contributed by atoms with Crippen molar-refractivity contribution in [3.63, 3.8) is 0 Å². The number of rotatable bonds is 5. The van der Waals surface area contributed by atoms with E-state index in [1.165, 1.54) is 20.4 Å². The number of nitrogens with zero attached hydrogens (tertiary/aromatic N) is 2. The second-order valence-corrected chi connectivity index (χ2v) is 8.11. The second-order valence-electron chi connectivity index (χ2n) is 8.11. The Labute approximate surface area is 185 Å². The molecule has 1 aliphatic carbocycles. The number of oxime groups is 1. The lowest BCUT2D eigenvalue weighted by Crippen LogP contribution is -2.48. The molecular weight excluding hydrogens is 408 g/mol. The fourth-order valence-corrected chi connectivity index (χ4v) is 5.33. The van der Waals surface area contributed by atoms with Crippen LogP contribution in [0.2, 0.25) is 0 Å². The van der Waals surface area contributed by atoms with Gasteiger partial charge in [-0.25, -0.2) is 0 Å². The number of ether oxygens (including phenoxy) is 3. The number of fused-ring (bicyclic) bond motifs is 3. The van der Waals surface area contributed by atoms with Crippen molar-refractivity contribution in [2.75, 3.05) is 14.2 Å². The Morgan fingerprint density at radius 2 is 1.84 bits per heavy atom. The molecule has 1 aliphatic heterocycles. The molecular formula is C25H24N2O5. The van der Waals surface area contributed by atoms with E-state index in [1.807, 2.05) is 42.5 Å². The summed E-state index contributed by atoms with van der Waals surface area (Å²) in [6, 6.07) is 19.3. The highest BCUT2D eigenvalue weighted by Gasteiger charge is 2.69. The van der Waals surface area contributed by atoms with Crippen LogP contribution in [0, 0.1) is 0 Å². The zero-order valence-electron chi connectivity index (χ0n) is 17.9. The lowest BCUT2D eigenvalue weighted by atomic mass is 9.72. The zero-order valence-corrected chi connectivity index (χ0v) is 17.9. The third-order valence-corrected chi connectivity index (χ3v) is 6.66. The van der Waals surface area contributed by atoms with Crippen LogP contribution in [-0.2, 0) is 11.2 Å². The molecule has 2 heterocycles. The normalized spacial score (nSPS) is 25.9. The summed E-state index contributed by atoms with van der Waals surface area (Å²) in [7, 11) is 3.06. The number of hydrogen-bond acceptors (Lipinski definition) is 7. The third-order valence-electron chi connectivity index (χ3n) is 6.66. The van der Waals surface area contributed by atoms with Gasteiger partial charge in [0.1, 0.15) is 11.4 Å². The van der Waals surface area contributed by atoms with E-state index in [1.54, 1.807) is 6.07 Å². The van der Waals surface area contributed by atoms with Crippen LogP contribution in [-0.4, -0.2) is 35.7 Å².